The molecule has 2 nitrogen and oxygen atoms in total. The second-order valence-corrected chi connectivity index (χ2v) is 4.79. The molecule has 1 saturated carbocycles. The number of allylic oxidation sites excluding steroid dienone is 1. The number of hydrogen-bond acceptors (Lipinski definition) is 1. The first-order chi connectivity index (χ1) is 8.22. The highest BCUT2D eigenvalue weighted by atomic mass is 16.2. The fraction of sp³-hybridized carbons (Fsp3) is 0.400. The Morgan fingerprint density at radius 2 is 2.24 bits per heavy atom. The molecule has 1 aromatic rings. The third-order valence-electron chi connectivity index (χ3n) is 3.34. The number of carbonyl (C=O) groups is 1. The lowest BCUT2D eigenvalue weighted by molar-refractivity contribution is -0.117. The van der Waals surface area contributed by atoms with Crippen molar-refractivity contribution in [2.75, 3.05) is 5.32 Å². The van der Waals surface area contributed by atoms with Gasteiger partial charge in [-0.1, -0.05) is 31.2 Å². The molecule has 1 aliphatic rings. The van der Waals surface area contributed by atoms with Gasteiger partial charge in [-0.3, -0.25) is 4.79 Å². The summed E-state index contributed by atoms with van der Waals surface area (Å²) < 4.78 is 0. The van der Waals surface area contributed by atoms with Gasteiger partial charge in [0, 0.05) is 11.6 Å². The minimum absolute atomic E-state index is 0.170. The molecule has 0 radical (unpaired) electrons. The van der Waals surface area contributed by atoms with Crippen LogP contribution < -0.4 is 5.32 Å². The van der Waals surface area contributed by atoms with Crippen LogP contribution in [0.25, 0.3) is 0 Å². The molecule has 1 amide bonds. The van der Waals surface area contributed by atoms with Crippen LogP contribution in [0, 0.1) is 11.8 Å². The van der Waals surface area contributed by atoms with E-state index in [-0.39, 0.29) is 11.8 Å². The first-order valence-electron chi connectivity index (χ1n) is 6.22. The second-order valence-electron chi connectivity index (χ2n) is 4.79. The van der Waals surface area contributed by atoms with Crippen molar-refractivity contribution in [3.05, 3.63) is 42.5 Å². The summed E-state index contributed by atoms with van der Waals surface area (Å²) in [5, 5.41) is 3.04. The Bertz CT molecular complexity index is 425. The van der Waals surface area contributed by atoms with E-state index in [0.29, 0.717) is 5.92 Å². The summed E-state index contributed by atoms with van der Waals surface area (Å²) in [4.78, 5) is 11.9. The van der Waals surface area contributed by atoms with Crippen LogP contribution in [0.2, 0.25) is 0 Å². The Hall–Kier alpha value is -1.57. The van der Waals surface area contributed by atoms with Gasteiger partial charge in [0.25, 0.3) is 0 Å². The maximum atomic E-state index is 11.9. The maximum absolute atomic E-state index is 11.9. The molecule has 2 rings (SSSR count). The third-order valence-corrected chi connectivity index (χ3v) is 3.34. The number of carbonyl (C=O) groups excluding carboxylic acids is 1. The van der Waals surface area contributed by atoms with E-state index in [9.17, 15) is 4.79 Å². The number of rotatable bonds is 5. The van der Waals surface area contributed by atoms with Crippen LogP contribution in [0.1, 0.15) is 25.3 Å². The van der Waals surface area contributed by atoms with Gasteiger partial charge in [-0.05, 0) is 36.8 Å². The SMILES string of the molecule is C=CCCc1ccccc1NC(=O)[C@@H]1C[C@H]1C. The topological polar surface area (TPSA) is 29.1 Å². The number of para-hydroxylation sites is 1. The summed E-state index contributed by atoms with van der Waals surface area (Å²) in [5.74, 6) is 0.946. The molecule has 0 heterocycles. The molecular weight excluding hydrogens is 210 g/mol. The number of hydrogen-bond donors (Lipinski definition) is 1. The molecule has 1 aliphatic carbocycles. The van der Waals surface area contributed by atoms with Gasteiger partial charge in [-0.2, -0.15) is 0 Å². The van der Waals surface area contributed by atoms with E-state index in [0.717, 1.165) is 24.9 Å². The number of aryl methyl sites for hydroxylation is 1. The predicted molar refractivity (Wildman–Crippen MR) is 70.9 cm³/mol. The molecule has 2 atom stereocenters. The molecule has 0 spiro atoms. The normalized spacial score (nSPS) is 21.9. The zero-order valence-electron chi connectivity index (χ0n) is 10.3. The van der Waals surface area contributed by atoms with Gasteiger partial charge in [0.15, 0.2) is 0 Å². The fourth-order valence-electron chi connectivity index (χ4n) is 2.03. The molecule has 90 valence electrons. The monoisotopic (exact) mass is 229 g/mol. The van der Waals surface area contributed by atoms with Crippen molar-refractivity contribution < 1.29 is 4.79 Å². The first kappa shape index (κ1) is 11.9. The molecule has 0 aliphatic heterocycles. The largest absolute Gasteiger partial charge is 0.326 e. The highest BCUT2D eigenvalue weighted by molar-refractivity contribution is 5.95. The smallest absolute Gasteiger partial charge is 0.227 e. The number of anilines is 1. The zero-order valence-corrected chi connectivity index (χ0v) is 10.3. The van der Waals surface area contributed by atoms with E-state index >= 15 is 0 Å². The first-order valence-corrected chi connectivity index (χ1v) is 6.22. The van der Waals surface area contributed by atoms with Crippen LogP contribution in [-0.2, 0) is 11.2 Å². The lowest BCUT2D eigenvalue weighted by Gasteiger charge is -2.10. The van der Waals surface area contributed by atoms with Crippen molar-refractivity contribution in [3.63, 3.8) is 0 Å². The minimum Gasteiger partial charge on any atom is -0.326 e. The van der Waals surface area contributed by atoms with Crippen molar-refractivity contribution in [2.24, 2.45) is 11.8 Å². The quantitative estimate of drug-likeness (QED) is 0.770. The number of amides is 1. The lowest BCUT2D eigenvalue weighted by atomic mass is 10.1. The summed E-state index contributed by atoms with van der Waals surface area (Å²) in [5.41, 5.74) is 2.15. The highest BCUT2D eigenvalue weighted by Gasteiger charge is 2.39. The molecule has 0 unspecified atom stereocenters. The Morgan fingerprint density at radius 1 is 1.53 bits per heavy atom. The van der Waals surface area contributed by atoms with Gasteiger partial charge in [0.2, 0.25) is 5.91 Å². The van der Waals surface area contributed by atoms with Gasteiger partial charge in [-0.15, -0.1) is 6.58 Å². The lowest BCUT2D eigenvalue weighted by Crippen LogP contribution is -2.15. The summed E-state index contributed by atoms with van der Waals surface area (Å²) >= 11 is 0. The summed E-state index contributed by atoms with van der Waals surface area (Å²) in [7, 11) is 0. The van der Waals surface area contributed by atoms with Crippen molar-refractivity contribution in [3.8, 4) is 0 Å². The van der Waals surface area contributed by atoms with Gasteiger partial charge in [0.1, 0.15) is 0 Å². The van der Waals surface area contributed by atoms with Crippen LogP contribution >= 0.6 is 0 Å². The molecule has 0 saturated heterocycles. The van der Waals surface area contributed by atoms with Gasteiger partial charge in [-0.25, -0.2) is 0 Å². The Kier molecular flexibility index (Phi) is 3.62. The zero-order chi connectivity index (χ0) is 12.3. The van der Waals surface area contributed by atoms with Crippen LogP contribution in [0.3, 0.4) is 0 Å². The number of nitrogens with one attached hydrogen (secondary N) is 1. The molecule has 17 heavy (non-hydrogen) atoms. The summed E-state index contributed by atoms with van der Waals surface area (Å²) in [6.07, 6.45) is 4.80. The molecule has 1 N–H and O–H groups in total. The van der Waals surface area contributed by atoms with Crippen LogP contribution in [0.5, 0.6) is 0 Å². The Labute approximate surface area is 103 Å². The van der Waals surface area contributed by atoms with Crippen molar-refractivity contribution in [1.82, 2.24) is 0 Å². The molecule has 0 aromatic heterocycles. The average Bonchev–Trinajstić information content (AvgIpc) is 3.05. The van der Waals surface area contributed by atoms with Crippen molar-refractivity contribution >= 4 is 11.6 Å². The van der Waals surface area contributed by atoms with Crippen LogP contribution in [-0.4, -0.2) is 5.91 Å². The van der Waals surface area contributed by atoms with E-state index in [1.54, 1.807) is 0 Å². The second kappa shape index (κ2) is 5.17. The van der Waals surface area contributed by atoms with E-state index in [1.807, 2.05) is 24.3 Å². The van der Waals surface area contributed by atoms with Crippen LogP contribution in [0.4, 0.5) is 5.69 Å². The maximum Gasteiger partial charge on any atom is 0.227 e. The predicted octanol–water partition coefficient (Wildman–Crippen LogP) is 3.40. The molecular formula is C15H19NO. The molecule has 2 heteroatoms. The Balaban J connectivity index is 2.03. The average molecular weight is 229 g/mol. The van der Waals surface area contributed by atoms with Gasteiger partial charge >= 0.3 is 0 Å². The standard InChI is InChI=1S/C15H19NO/c1-3-4-7-12-8-5-6-9-14(12)16-15(17)13-10-11(13)2/h3,5-6,8-9,11,13H,1,4,7,10H2,2H3,(H,16,17)/t11-,13-/m1/s1. The third kappa shape index (κ3) is 2.96. The molecule has 1 fully saturated rings. The van der Waals surface area contributed by atoms with E-state index in [1.165, 1.54) is 5.56 Å². The highest BCUT2D eigenvalue weighted by Crippen LogP contribution is 2.38. The molecule has 1 aromatic carbocycles. The van der Waals surface area contributed by atoms with Crippen molar-refractivity contribution in [1.29, 1.82) is 0 Å². The van der Waals surface area contributed by atoms with E-state index < -0.39 is 0 Å². The van der Waals surface area contributed by atoms with Crippen LogP contribution in [0.15, 0.2) is 36.9 Å². The fourth-order valence-corrected chi connectivity index (χ4v) is 2.03. The van der Waals surface area contributed by atoms with Crippen molar-refractivity contribution in [2.45, 2.75) is 26.2 Å². The Morgan fingerprint density at radius 3 is 2.88 bits per heavy atom. The summed E-state index contributed by atoms with van der Waals surface area (Å²) in [6, 6.07) is 8.01. The minimum atomic E-state index is 0.170. The van der Waals surface area contributed by atoms with Gasteiger partial charge < -0.3 is 5.32 Å². The number of benzene rings is 1. The molecule has 0 bridgehead atoms. The summed E-state index contributed by atoms with van der Waals surface area (Å²) in [6.45, 7) is 5.85. The van der Waals surface area contributed by atoms with Gasteiger partial charge in [0.05, 0.1) is 0 Å². The van der Waals surface area contributed by atoms with E-state index in [2.05, 4.69) is 24.9 Å². The van der Waals surface area contributed by atoms with E-state index in [4.69, 9.17) is 0 Å².